The van der Waals surface area contributed by atoms with Gasteiger partial charge in [-0.15, -0.1) is 0 Å². The number of nitrogens with zero attached hydrogens (tertiary/aromatic N) is 2. The average Bonchev–Trinajstić information content (AvgIpc) is 2.93. The fourth-order valence-electron chi connectivity index (χ4n) is 2.39. The normalized spacial score (nSPS) is 18.5. The summed E-state index contributed by atoms with van der Waals surface area (Å²) in [5, 5.41) is 7.60. The van der Waals surface area contributed by atoms with E-state index >= 15 is 0 Å². The Morgan fingerprint density at radius 3 is 2.68 bits per heavy atom. The lowest BCUT2D eigenvalue weighted by Crippen LogP contribution is -2.17. The van der Waals surface area contributed by atoms with Crippen LogP contribution in [0.2, 0.25) is 0 Å². The first-order valence-electron chi connectivity index (χ1n) is 7.28. The summed E-state index contributed by atoms with van der Waals surface area (Å²) in [5.41, 5.74) is 1.23. The second-order valence-electron chi connectivity index (χ2n) is 4.85. The Labute approximate surface area is 120 Å². The lowest BCUT2D eigenvalue weighted by Gasteiger charge is -2.16. The van der Waals surface area contributed by atoms with Gasteiger partial charge in [0.1, 0.15) is 18.0 Å². The second kappa shape index (κ2) is 7.58. The van der Waals surface area contributed by atoms with Crippen molar-refractivity contribution in [3.05, 3.63) is 11.9 Å². The van der Waals surface area contributed by atoms with E-state index in [9.17, 15) is 0 Å². The summed E-state index contributed by atoms with van der Waals surface area (Å²) in [5.74, 6) is 3.31. The predicted octanol–water partition coefficient (Wildman–Crippen LogP) is 3.17. The molecule has 106 valence electrons. The first kappa shape index (κ1) is 14.4. The van der Waals surface area contributed by atoms with E-state index < -0.39 is 0 Å². The van der Waals surface area contributed by atoms with Crippen LogP contribution in [-0.4, -0.2) is 34.1 Å². The highest BCUT2D eigenvalue weighted by Crippen LogP contribution is 2.27. The van der Waals surface area contributed by atoms with Crippen LogP contribution in [0.15, 0.2) is 6.33 Å². The van der Waals surface area contributed by atoms with Crippen LogP contribution in [-0.2, 0) is 6.42 Å². The molecule has 2 rings (SSSR count). The van der Waals surface area contributed by atoms with E-state index in [2.05, 4.69) is 46.2 Å². The quantitative estimate of drug-likeness (QED) is 0.803. The Morgan fingerprint density at radius 1 is 1.26 bits per heavy atom. The molecule has 0 aromatic carbocycles. The van der Waals surface area contributed by atoms with Gasteiger partial charge >= 0.3 is 0 Å². The molecule has 5 heteroatoms. The summed E-state index contributed by atoms with van der Waals surface area (Å²) in [6.45, 7) is 6.20. The molecule has 1 fully saturated rings. The fraction of sp³-hybridized carbons (Fsp3) is 0.714. The summed E-state index contributed by atoms with van der Waals surface area (Å²) in [4.78, 5) is 8.79. The minimum atomic E-state index is 0.743. The zero-order chi connectivity index (χ0) is 13.5. The lowest BCUT2D eigenvalue weighted by atomic mass is 10.1. The van der Waals surface area contributed by atoms with Gasteiger partial charge in [0.05, 0.1) is 0 Å². The molecule has 1 aliphatic rings. The number of aromatic nitrogens is 2. The third-order valence-corrected chi connectivity index (χ3v) is 4.71. The summed E-state index contributed by atoms with van der Waals surface area (Å²) >= 11 is 2.07. The molecule has 0 aliphatic carbocycles. The Balaban J connectivity index is 2.06. The van der Waals surface area contributed by atoms with Gasteiger partial charge in [-0.2, -0.15) is 11.8 Å². The van der Waals surface area contributed by atoms with Crippen LogP contribution < -0.4 is 10.6 Å². The van der Waals surface area contributed by atoms with Crippen LogP contribution in [0.4, 0.5) is 11.6 Å². The van der Waals surface area contributed by atoms with Crippen molar-refractivity contribution in [2.75, 3.05) is 29.5 Å². The largest absolute Gasteiger partial charge is 0.370 e. The molecule has 2 heterocycles. The molecule has 0 spiro atoms. The third kappa shape index (κ3) is 4.00. The first-order valence-corrected chi connectivity index (χ1v) is 8.33. The van der Waals surface area contributed by atoms with E-state index in [0.29, 0.717) is 0 Å². The molecule has 1 unspecified atom stereocenters. The summed E-state index contributed by atoms with van der Waals surface area (Å²) in [6, 6.07) is 0. The molecule has 0 bridgehead atoms. The van der Waals surface area contributed by atoms with Gasteiger partial charge in [-0.05, 0) is 31.9 Å². The molecule has 0 radical (unpaired) electrons. The second-order valence-corrected chi connectivity index (χ2v) is 6.25. The Hall–Kier alpha value is -0.970. The number of nitrogens with one attached hydrogen (secondary N) is 2. The Morgan fingerprint density at radius 2 is 2.05 bits per heavy atom. The highest BCUT2D eigenvalue weighted by molar-refractivity contribution is 8.00. The van der Waals surface area contributed by atoms with E-state index in [1.165, 1.54) is 24.2 Å². The van der Waals surface area contributed by atoms with Gasteiger partial charge in [0.15, 0.2) is 0 Å². The number of hydrogen-bond acceptors (Lipinski definition) is 5. The van der Waals surface area contributed by atoms with E-state index in [0.717, 1.165) is 42.8 Å². The van der Waals surface area contributed by atoms with Crippen molar-refractivity contribution >= 4 is 23.4 Å². The summed E-state index contributed by atoms with van der Waals surface area (Å²) in [6.07, 6.45) is 6.46. The standard InChI is InChI=1S/C14H24N4S/c1-3-6-12-13(15-4-2)17-10-18-14(12)16-9-11-7-5-8-19-11/h10-11H,3-9H2,1-2H3,(H2,15,16,17,18). The van der Waals surface area contributed by atoms with Crippen LogP contribution in [0.1, 0.15) is 38.7 Å². The molecule has 0 amide bonds. The maximum absolute atomic E-state index is 4.43. The monoisotopic (exact) mass is 280 g/mol. The maximum Gasteiger partial charge on any atom is 0.134 e. The Kier molecular flexibility index (Phi) is 5.76. The SMILES string of the molecule is CCCc1c(NCC)ncnc1NCC1CCCS1. The maximum atomic E-state index is 4.43. The van der Waals surface area contributed by atoms with E-state index in [1.807, 2.05) is 0 Å². The van der Waals surface area contributed by atoms with Crippen molar-refractivity contribution in [2.24, 2.45) is 0 Å². The van der Waals surface area contributed by atoms with Crippen LogP contribution in [0.25, 0.3) is 0 Å². The molecule has 1 saturated heterocycles. The van der Waals surface area contributed by atoms with Gasteiger partial charge in [0.2, 0.25) is 0 Å². The zero-order valence-corrected chi connectivity index (χ0v) is 12.7. The molecule has 19 heavy (non-hydrogen) atoms. The minimum Gasteiger partial charge on any atom is -0.370 e. The lowest BCUT2D eigenvalue weighted by molar-refractivity contribution is 0.800. The van der Waals surface area contributed by atoms with Crippen molar-refractivity contribution < 1.29 is 0 Å². The molecule has 1 aromatic heterocycles. The first-order chi connectivity index (χ1) is 9.35. The molecule has 1 aliphatic heterocycles. The molecule has 2 N–H and O–H groups in total. The number of rotatable bonds is 7. The molecular weight excluding hydrogens is 256 g/mol. The fourth-order valence-corrected chi connectivity index (χ4v) is 3.59. The highest BCUT2D eigenvalue weighted by atomic mass is 32.2. The molecule has 1 aromatic rings. The van der Waals surface area contributed by atoms with Gasteiger partial charge in [-0.1, -0.05) is 13.3 Å². The van der Waals surface area contributed by atoms with Crippen LogP contribution in [0, 0.1) is 0 Å². The van der Waals surface area contributed by atoms with Crippen molar-refractivity contribution in [3.63, 3.8) is 0 Å². The third-order valence-electron chi connectivity index (χ3n) is 3.31. The number of thioether (sulfide) groups is 1. The zero-order valence-electron chi connectivity index (χ0n) is 11.9. The van der Waals surface area contributed by atoms with Gasteiger partial charge < -0.3 is 10.6 Å². The molecule has 1 atom stereocenters. The smallest absolute Gasteiger partial charge is 0.134 e. The van der Waals surface area contributed by atoms with Crippen LogP contribution in [0.5, 0.6) is 0 Å². The van der Waals surface area contributed by atoms with Gasteiger partial charge in [0, 0.05) is 23.9 Å². The topological polar surface area (TPSA) is 49.8 Å². The Bertz CT molecular complexity index is 391. The molecule has 4 nitrogen and oxygen atoms in total. The van der Waals surface area contributed by atoms with Crippen molar-refractivity contribution in [1.82, 2.24) is 9.97 Å². The summed E-state index contributed by atoms with van der Waals surface area (Å²) < 4.78 is 0. The molecular formula is C14H24N4S. The van der Waals surface area contributed by atoms with Gasteiger partial charge in [0.25, 0.3) is 0 Å². The highest BCUT2D eigenvalue weighted by Gasteiger charge is 2.17. The number of anilines is 2. The van der Waals surface area contributed by atoms with Crippen LogP contribution in [0.3, 0.4) is 0 Å². The van der Waals surface area contributed by atoms with Gasteiger partial charge in [-0.3, -0.25) is 0 Å². The van der Waals surface area contributed by atoms with Gasteiger partial charge in [-0.25, -0.2) is 9.97 Å². The van der Waals surface area contributed by atoms with Crippen LogP contribution >= 0.6 is 11.8 Å². The summed E-state index contributed by atoms with van der Waals surface area (Å²) in [7, 11) is 0. The number of hydrogen-bond donors (Lipinski definition) is 2. The van der Waals surface area contributed by atoms with E-state index in [1.54, 1.807) is 6.33 Å². The molecule has 0 saturated carbocycles. The average molecular weight is 280 g/mol. The van der Waals surface area contributed by atoms with Crippen molar-refractivity contribution in [3.8, 4) is 0 Å². The van der Waals surface area contributed by atoms with E-state index in [4.69, 9.17) is 0 Å². The minimum absolute atomic E-state index is 0.743. The van der Waals surface area contributed by atoms with Crippen molar-refractivity contribution in [2.45, 2.75) is 44.8 Å². The van der Waals surface area contributed by atoms with E-state index in [-0.39, 0.29) is 0 Å². The van der Waals surface area contributed by atoms with Crippen molar-refractivity contribution in [1.29, 1.82) is 0 Å². The predicted molar refractivity (Wildman–Crippen MR) is 84.2 cm³/mol.